The van der Waals surface area contributed by atoms with Crippen molar-refractivity contribution in [3.63, 3.8) is 0 Å². The van der Waals surface area contributed by atoms with E-state index in [0.717, 1.165) is 82.1 Å². The van der Waals surface area contributed by atoms with Crippen molar-refractivity contribution >= 4 is 65.4 Å². The number of para-hydroxylation sites is 1. The fraction of sp³-hybridized carbons (Fsp3) is 0. The fourth-order valence-corrected chi connectivity index (χ4v) is 6.63. The predicted octanol–water partition coefficient (Wildman–Crippen LogP) is 10.4. The lowest BCUT2D eigenvalue weighted by Gasteiger charge is -2.10. The van der Waals surface area contributed by atoms with Crippen molar-refractivity contribution in [1.29, 1.82) is 0 Å². The van der Waals surface area contributed by atoms with Crippen molar-refractivity contribution in [2.24, 2.45) is 0 Å². The lowest BCUT2D eigenvalue weighted by atomic mass is 10.0. The summed E-state index contributed by atoms with van der Waals surface area (Å²) in [7, 11) is 0. The van der Waals surface area contributed by atoms with Crippen molar-refractivity contribution in [2.45, 2.75) is 0 Å². The first-order chi connectivity index (χ1) is 22.8. The monoisotopic (exact) mass is 590 g/mol. The van der Waals surface area contributed by atoms with E-state index in [0.29, 0.717) is 17.5 Å². The van der Waals surface area contributed by atoms with E-state index in [1.807, 2.05) is 79.1 Å². The summed E-state index contributed by atoms with van der Waals surface area (Å²) in [6.45, 7) is 0. The first-order valence-corrected chi connectivity index (χ1v) is 15.1. The van der Waals surface area contributed by atoms with Gasteiger partial charge in [-0.3, -0.25) is 4.98 Å². The van der Waals surface area contributed by atoms with Gasteiger partial charge in [-0.2, -0.15) is 0 Å². The molecule has 6 heteroatoms. The molecule has 0 atom stereocenters. The Morgan fingerprint density at radius 2 is 1.11 bits per heavy atom. The maximum absolute atomic E-state index is 6.39. The molecule has 0 fully saturated rings. The number of hydrogen-bond donors (Lipinski definition) is 0. The third kappa shape index (κ3) is 3.77. The largest absolute Gasteiger partial charge is 0.456 e. The van der Waals surface area contributed by atoms with E-state index in [1.165, 1.54) is 0 Å². The minimum atomic E-state index is 0.564. The van der Waals surface area contributed by atoms with Gasteiger partial charge in [0.25, 0.3) is 0 Å². The van der Waals surface area contributed by atoms with E-state index in [-0.39, 0.29) is 0 Å². The van der Waals surface area contributed by atoms with Gasteiger partial charge in [0.15, 0.2) is 17.5 Å². The van der Waals surface area contributed by atoms with Crippen molar-refractivity contribution in [3.05, 3.63) is 134 Å². The maximum Gasteiger partial charge on any atom is 0.164 e. The Kier molecular flexibility index (Phi) is 5.19. The van der Waals surface area contributed by atoms with E-state index < -0.39 is 0 Å². The van der Waals surface area contributed by atoms with Crippen LogP contribution in [0.15, 0.2) is 143 Å². The third-order valence-electron chi connectivity index (χ3n) is 8.80. The number of furan rings is 2. The zero-order chi connectivity index (χ0) is 30.2. The summed E-state index contributed by atoms with van der Waals surface area (Å²) >= 11 is 0. The van der Waals surface area contributed by atoms with Crippen molar-refractivity contribution in [3.8, 4) is 34.2 Å². The molecule has 6 aromatic carbocycles. The van der Waals surface area contributed by atoms with Gasteiger partial charge in [0.1, 0.15) is 22.3 Å². The Bertz CT molecular complexity index is 2830. The molecule has 4 heterocycles. The van der Waals surface area contributed by atoms with Crippen LogP contribution < -0.4 is 0 Å². The van der Waals surface area contributed by atoms with Gasteiger partial charge in [-0.15, -0.1) is 0 Å². The highest BCUT2D eigenvalue weighted by molar-refractivity contribution is 6.19. The molecule has 0 unspecified atom stereocenters. The Morgan fingerprint density at radius 3 is 2.04 bits per heavy atom. The summed E-state index contributed by atoms with van der Waals surface area (Å²) in [5.41, 5.74) is 5.86. The fourth-order valence-electron chi connectivity index (χ4n) is 6.63. The Morgan fingerprint density at radius 1 is 0.413 bits per heavy atom. The van der Waals surface area contributed by atoms with Crippen LogP contribution in [-0.2, 0) is 0 Å². The topological polar surface area (TPSA) is 77.8 Å². The van der Waals surface area contributed by atoms with Gasteiger partial charge in [0.2, 0.25) is 0 Å². The molecule has 6 nitrogen and oxygen atoms in total. The third-order valence-corrected chi connectivity index (χ3v) is 8.80. The van der Waals surface area contributed by atoms with Gasteiger partial charge in [-0.25, -0.2) is 15.0 Å². The second-order valence-electron chi connectivity index (χ2n) is 11.5. The Balaban J connectivity index is 1.22. The second kappa shape index (κ2) is 9.55. The van der Waals surface area contributed by atoms with Crippen molar-refractivity contribution in [2.75, 3.05) is 0 Å². The smallest absolute Gasteiger partial charge is 0.164 e. The van der Waals surface area contributed by atoms with Crippen molar-refractivity contribution in [1.82, 2.24) is 19.9 Å². The standard InChI is InChI=1S/C40H22N4O2/c1-2-7-24-20-25(13-12-23(24)6-1)38-42-39(44-40(43-38)31-9-5-11-33-37(31)29-8-3-4-10-32(29)45-33)26-14-16-30-35(21-26)46-34-17-15-27-22-41-19-18-28(27)36(30)34/h1-22H. The van der Waals surface area contributed by atoms with Gasteiger partial charge in [-0.05, 0) is 64.7 Å². The Labute approximate surface area is 261 Å². The lowest BCUT2D eigenvalue weighted by molar-refractivity contribution is 0.669. The minimum absolute atomic E-state index is 0.564. The van der Waals surface area contributed by atoms with Crippen LogP contribution in [0.25, 0.3) is 99.6 Å². The molecule has 0 aliphatic carbocycles. The zero-order valence-corrected chi connectivity index (χ0v) is 24.3. The van der Waals surface area contributed by atoms with Crippen LogP contribution in [0, 0.1) is 0 Å². The molecule has 10 rings (SSSR count). The summed E-state index contributed by atoms with van der Waals surface area (Å²) in [6, 6.07) is 41.0. The average molecular weight is 591 g/mol. The summed E-state index contributed by atoms with van der Waals surface area (Å²) in [6.07, 6.45) is 3.70. The van der Waals surface area contributed by atoms with Crippen LogP contribution in [-0.4, -0.2) is 19.9 Å². The highest BCUT2D eigenvalue weighted by Gasteiger charge is 2.19. The van der Waals surface area contributed by atoms with Crippen molar-refractivity contribution < 1.29 is 8.83 Å². The summed E-state index contributed by atoms with van der Waals surface area (Å²) in [5.74, 6) is 1.74. The highest BCUT2D eigenvalue weighted by atomic mass is 16.3. The molecular weight excluding hydrogens is 568 g/mol. The highest BCUT2D eigenvalue weighted by Crippen LogP contribution is 2.38. The molecule has 4 aromatic heterocycles. The molecule has 0 aliphatic heterocycles. The van der Waals surface area contributed by atoms with Crippen LogP contribution in [0.4, 0.5) is 0 Å². The molecule has 0 radical (unpaired) electrons. The maximum atomic E-state index is 6.39. The first kappa shape index (κ1) is 25.0. The van der Waals surface area contributed by atoms with E-state index in [2.05, 4.69) is 59.6 Å². The average Bonchev–Trinajstić information content (AvgIpc) is 3.69. The van der Waals surface area contributed by atoms with E-state index in [9.17, 15) is 0 Å². The Hall–Kier alpha value is -6.40. The molecule has 0 saturated carbocycles. The van der Waals surface area contributed by atoms with Gasteiger partial charge >= 0.3 is 0 Å². The first-order valence-electron chi connectivity index (χ1n) is 15.1. The van der Waals surface area contributed by atoms with Crippen LogP contribution >= 0.6 is 0 Å². The molecule has 0 aliphatic rings. The molecule has 214 valence electrons. The molecule has 0 amide bonds. The molecule has 0 bridgehead atoms. The van der Waals surface area contributed by atoms with Gasteiger partial charge < -0.3 is 8.83 Å². The van der Waals surface area contributed by atoms with E-state index >= 15 is 0 Å². The predicted molar refractivity (Wildman–Crippen MR) is 183 cm³/mol. The summed E-state index contributed by atoms with van der Waals surface area (Å²) in [5, 5.41) is 8.58. The number of fused-ring (bicyclic) bond motifs is 9. The number of nitrogens with zero attached hydrogens (tertiary/aromatic N) is 4. The molecule has 0 N–H and O–H groups in total. The molecule has 46 heavy (non-hydrogen) atoms. The quantitative estimate of drug-likeness (QED) is 0.204. The molecule has 0 saturated heterocycles. The normalized spacial score (nSPS) is 11.9. The number of aromatic nitrogens is 4. The lowest BCUT2D eigenvalue weighted by Crippen LogP contribution is -2.00. The zero-order valence-electron chi connectivity index (χ0n) is 24.3. The number of rotatable bonds is 3. The molecular formula is C40H22N4O2. The van der Waals surface area contributed by atoms with E-state index in [4.69, 9.17) is 23.8 Å². The number of hydrogen-bond acceptors (Lipinski definition) is 6. The molecule has 0 spiro atoms. The minimum Gasteiger partial charge on any atom is -0.456 e. The van der Waals surface area contributed by atoms with Crippen LogP contribution in [0.5, 0.6) is 0 Å². The second-order valence-corrected chi connectivity index (χ2v) is 11.5. The summed E-state index contributed by atoms with van der Waals surface area (Å²) in [4.78, 5) is 19.5. The van der Waals surface area contributed by atoms with Gasteiger partial charge in [0.05, 0.1) is 0 Å². The number of benzene rings is 6. The van der Waals surface area contributed by atoms with E-state index in [1.54, 1.807) is 0 Å². The van der Waals surface area contributed by atoms with Crippen LogP contribution in [0.3, 0.4) is 0 Å². The SMILES string of the molecule is c1ccc2cc(-c3nc(-c4ccc5c(c4)oc4ccc6cnccc6c45)nc(-c4cccc5oc6ccccc6c45)n3)ccc2c1. The number of pyridine rings is 1. The van der Waals surface area contributed by atoms with Gasteiger partial charge in [0, 0.05) is 56.0 Å². The van der Waals surface area contributed by atoms with Crippen LogP contribution in [0.1, 0.15) is 0 Å². The van der Waals surface area contributed by atoms with Gasteiger partial charge in [-0.1, -0.05) is 72.8 Å². The summed E-state index contributed by atoms with van der Waals surface area (Å²) < 4.78 is 12.6. The molecule has 10 aromatic rings. The van der Waals surface area contributed by atoms with Crippen LogP contribution in [0.2, 0.25) is 0 Å².